The molecule has 0 nitrogen and oxygen atoms in total. The number of hydrogen-bond donors (Lipinski definition) is 0. The van der Waals surface area contributed by atoms with E-state index in [1.165, 1.54) is 154 Å². The zero-order valence-corrected chi connectivity index (χ0v) is 59.8. The second-order valence-electron chi connectivity index (χ2n) is 27.2. The first-order valence-corrected chi connectivity index (χ1v) is 32.9. The van der Waals surface area contributed by atoms with Crippen LogP contribution in [0.2, 0.25) is 0 Å². The van der Waals surface area contributed by atoms with E-state index in [2.05, 4.69) is 328 Å². The summed E-state index contributed by atoms with van der Waals surface area (Å²) >= 11 is 2.92. The molecule has 0 saturated carbocycles. The van der Waals surface area contributed by atoms with Gasteiger partial charge in [0, 0.05) is 0 Å². The van der Waals surface area contributed by atoms with Crippen LogP contribution in [0.4, 0.5) is 0 Å². The molecule has 6 aromatic carbocycles. The van der Waals surface area contributed by atoms with Crippen LogP contribution in [0.5, 0.6) is 0 Å². The summed E-state index contributed by atoms with van der Waals surface area (Å²) in [5.74, 6) is 0. The van der Waals surface area contributed by atoms with E-state index in [9.17, 15) is 0 Å². The van der Waals surface area contributed by atoms with Gasteiger partial charge in [-0.1, -0.05) is 202 Å². The van der Waals surface area contributed by atoms with Crippen LogP contribution in [0, 0.1) is 33.8 Å². The van der Waals surface area contributed by atoms with Gasteiger partial charge in [0.2, 0.25) is 0 Å². The van der Waals surface area contributed by atoms with Crippen LogP contribution >= 0.6 is 0 Å². The third-order valence-corrected chi connectivity index (χ3v) is 20.5. The SMILES string of the molecule is CCC1=C(C2(C(C)(C)C)[C-]=C3C=c4cc(C(C)(C)C)ccc4=C3C=C2)CC=C1.CCC1=C(C2(C(C)(C)C)[C-]=C3C=c4cc(C(C)(C)C)ccc4=C3C=C2)CC=C1.[Cl-].[Cl-].[Zr]=[C](c1ccccc1)c1ccccc1.[Zr]=[C](c1ccccc1)c1ccccc1. The molecule has 2 unspecified atom stereocenters. The Balaban J connectivity index is 0.000000171. The van der Waals surface area contributed by atoms with Crippen molar-refractivity contribution in [2.45, 2.75) is 133 Å². The molecule has 0 aromatic heterocycles. The number of fused-ring (bicyclic) bond motifs is 4. The van der Waals surface area contributed by atoms with E-state index in [0.717, 1.165) is 25.7 Å². The van der Waals surface area contributed by atoms with E-state index in [1.54, 1.807) is 0 Å². The van der Waals surface area contributed by atoms with Crippen LogP contribution < -0.4 is 45.7 Å². The molecule has 6 aliphatic rings. The zero-order chi connectivity index (χ0) is 60.2. The van der Waals surface area contributed by atoms with E-state index in [-0.39, 0.29) is 57.3 Å². The van der Waals surface area contributed by atoms with Crippen molar-refractivity contribution in [1.29, 1.82) is 0 Å². The van der Waals surface area contributed by atoms with Crippen LogP contribution in [-0.2, 0) is 59.3 Å². The van der Waals surface area contributed by atoms with Gasteiger partial charge in [-0.05, 0) is 80.4 Å². The van der Waals surface area contributed by atoms with Gasteiger partial charge in [-0.25, -0.2) is 0 Å². The molecule has 0 radical (unpaired) electrons. The number of allylic oxidation sites excluding steroid dienone is 16. The third-order valence-electron chi connectivity index (χ3n) is 17.6. The van der Waals surface area contributed by atoms with Crippen molar-refractivity contribution in [2.24, 2.45) is 21.7 Å². The molecule has 2 atom stereocenters. The van der Waals surface area contributed by atoms with Gasteiger partial charge in [-0.3, -0.25) is 0 Å². The van der Waals surface area contributed by atoms with E-state index < -0.39 is 0 Å². The van der Waals surface area contributed by atoms with Gasteiger partial charge >= 0.3 is 198 Å². The Hall–Kier alpha value is -5.19. The predicted octanol–water partition coefficient (Wildman–Crippen LogP) is 11.5. The molecular formula is C82H86Cl2Zr2-4. The van der Waals surface area contributed by atoms with Crippen molar-refractivity contribution in [1.82, 2.24) is 0 Å². The molecule has 0 bridgehead atoms. The molecule has 86 heavy (non-hydrogen) atoms. The molecule has 0 spiro atoms. The van der Waals surface area contributed by atoms with Gasteiger partial charge in [0.25, 0.3) is 0 Å². The van der Waals surface area contributed by atoms with E-state index >= 15 is 0 Å². The normalized spacial score (nSPS) is 18.6. The standard InChI is InChI=1S/2C28H33.2C13H10.2ClH.2Zr/c2*1-8-19-10-9-11-25(19)28(27(5,6)7)15-14-24-21(18-28)16-20-17-22(26(2,3)4)12-13-23(20)24;2*1-3-7-12(8-4-1)11-13-9-5-2-6-10-13;;;;/h2*9-10,12-17H,8,11H2,1-7H3;2*1-10H;2*1H;;/q2*-1;;;;;;/p-2. The number of benzene rings is 6. The van der Waals surface area contributed by atoms with Crippen LogP contribution in [0.3, 0.4) is 0 Å². The average molecular weight is 1320 g/mol. The zero-order valence-electron chi connectivity index (χ0n) is 53.4. The molecule has 0 heterocycles. The molecular weight excluding hydrogens is 1240 g/mol. The van der Waals surface area contributed by atoms with E-state index in [1.807, 2.05) is 0 Å². The predicted molar refractivity (Wildman–Crippen MR) is 354 cm³/mol. The van der Waals surface area contributed by atoms with Gasteiger partial charge in [0.1, 0.15) is 0 Å². The first-order chi connectivity index (χ1) is 39.9. The Morgan fingerprint density at radius 3 is 0.988 bits per heavy atom. The Kier molecular flexibility index (Phi) is 22.3. The molecule has 0 saturated heterocycles. The number of hydrogen-bond acceptors (Lipinski definition) is 0. The van der Waals surface area contributed by atoms with Gasteiger partial charge < -0.3 is 24.8 Å². The van der Waals surface area contributed by atoms with Crippen LogP contribution in [0.15, 0.2) is 240 Å². The molecule has 0 N–H and O–H groups in total. The van der Waals surface area contributed by atoms with Crippen molar-refractivity contribution in [2.75, 3.05) is 0 Å². The van der Waals surface area contributed by atoms with Crippen molar-refractivity contribution >= 4 is 29.7 Å². The molecule has 0 aliphatic heterocycles. The fraction of sp³-hybridized carbons (Fsp3) is 0.293. The first-order valence-electron chi connectivity index (χ1n) is 30.5. The molecule has 0 amide bonds. The molecule has 6 aliphatic carbocycles. The van der Waals surface area contributed by atoms with Crippen molar-refractivity contribution < 1.29 is 73.3 Å². The maximum absolute atomic E-state index is 4.02. The number of halogens is 2. The van der Waals surface area contributed by atoms with Crippen LogP contribution in [0.1, 0.15) is 156 Å². The fourth-order valence-corrected chi connectivity index (χ4v) is 14.2. The molecule has 440 valence electrons. The minimum atomic E-state index is -0.147. The topological polar surface area (TPSA) is 0 Å². The molecule has 6 aromatic rings. The van der Waals surface area contributed by atoms with Crippen molar-refractivity contribution in [3.05, 3.63) is 306 Å². The summed E-state index contributed by atoms with van der Waals surface area (Å²) in [7, 11) is 0. The molecule has 4 heteroatoms. The Bertz CT molecular complexity index is 3650. The van der Waals surface area contributed by atoms with Gasteiger partial charge in [-0.15, -0.1) is 23.3 Å². The summed E-state index contributed by atoms with van der Waals surface area (Å²) in [6.07, 6.45) is 35.9. The molecule has 12 rings (SSSR count). The Morgan fingerprint density at radius 1 is 0.419 bits per heavy atom. The number of rotatable bonds is 8. The summed E-state index contributed by atoms with van der Waals surface area (Å²) in [5.41, 5.74) is 19.5. The second-order valence-corrected chi connectivity index (χ2v) is 29.7. The monoisotopic (exact) mass is 1320 g/mol. The summed E-state index contributed by atoms with van der Waals surface area (Å²) < 4.78 is 2.83. The van der Waals surface area contributed by atoms with Crippen LogP contribution in [0.25, 0.3) is 23.3 Å². The summed E-state index contributed by atoms with van der Waals surface area (Å²) in [6.45, 7) is 32.4. The summed E-state index contributed by atoms with van der Waals surface area (Å²) in [4.78, 5) is 0. The Morgan fingerprint density at radius 2 is 0.721 bits per heavy atom. The maximum atomic E-state index is 4.02. The second kappa shape index (κ2) is 28.1. The third kappa shape index (κ3) is 14.6. The van der Waals surface area contributed by atoms with Crippen molar-refractivity contribution in [3.63, 3.8) is 0 Å². The van der Waals surface area contributed by atoms with Gasteiger partial charge in [0.15, 0.2) is 0 Å². The summed E-state index contributed by atoms with van der Waals surface area (Å²) in [6, 6.07) is 56.1. The van der Waals surface area contributed by atoms with Gasteiger partial charge in [-0.2, -0.15) is 35.5 Å². The van der Waals surface area contributed by atoms with Crippen LogP contribution in [-0.4, -0.2) is 6.41 Å². The minimum absolute atomic E-state index is 0. The van der Waals surface area contributed by atoms with E-state index in [4.69, 9.17) is 0 Å². The van der Waals surface area contributed by atoms with E-state index in [0.29, 0.717) is 0 Å². The fourth-order valence-electron chi connectivity index (χ4n) is 12.5. The van der Waals surface area contributed by atoms with Gasteiger partial charge in [0.05, 0.1) is 0 Å². The van der Waals surface area contributed by atoms with Crippen molar-refractivity contribution in [3.8, 4) is 0 Å². The first kappa shape index (κ1) is 68.3. The quantitative estimate of drug-likeness (QED) is 0.133. The molecule has 0 fully saturated rings. The summed E-state index contributed by atoms with van der Waals surface area (Å²) in [5, 5.41) is 5.38. The average Bonchev–Trinajstić information content (AvgIpc) is 1.53. The Labute approximate surface area is 559 Å².